The van der Waals surface area contributed by atoms with Crippen molar-refractivity contribution in [2.24, 2.45) is 0 Å². The second kappa shape index (κ2) is 3.56. The van der Waals surface area contributed by atoms with Crippen molar-refractivity contribution in [3.05, 3.63) is 48.0 Å². The minimum atomic E-state index is -0.261. The summed E-state index contributed by atoms with van der Waals surface area (Å²) in [5.74, 6) is 0. The maximum atomic E-state index is 10.6. The first-order valence-corrected chi connectivity index (χ1v) is 4.29. The van der Waals surface area contributed by atoms with Gasteiger partial charge in [-0.2, -0.15) is 0 Å². The van der Waals surface area contributed by atoms with E-state index in [0.717, 1.165) is 11.8 Å². The summed E-state index contributed by atoms with van der Waals surface area (Å²) in [6.45, 7) is 7.75. The monoisotopic (exact) mass is 174 g/mol. The van der Waals surface area contributed by atoms with E-state index in [9.17, 15) is 4.79 Å². The molecule has 0 aliphatic rings. The molecule has 0 bridgehead atoms. The van der Waals surface area contributed by atoms with Gasteiger partial charge in [0.05, 0.1) is 0 Å². The van der Waals surface area contributed by atoms with Gasteiger partial charge in [-0.3, -0.25) is 4.79 Å². The van der Waals surface area contributed by atoms with E-state index in [1.807, 2.05) is 44.2 Å². The van der Waals surface area contributed by atoms with E-state index in [4.69, 9.17) is 0 Å². The quantitative estimate of drug-likeness (QED) is 0.508. The molecular formula is C12H14O. The summed E-state index contributed by atoms with van der Waals surface area (Å²) in [4.78, 5) is 10.6. The molecule has 0 amide bonds. The first kappa shape index (κ1) is 9.72. The molecule has 1 aromatic carbocycles. The number of hydrogen-bond donors (Lipinski definition) is 0. The van der Waals surface area contributed by atoms with Crippen LogP contribution in [-0.2, 0) is 10.2 Å². The van der Waals surface area contributed by atoms with Crippen molar-refractivity contribution in [1.82, 2.24) is 0 Å². The molecule has 0 saturated heterocycles. The minimum absolute atomic E-state index is 0.261. The van der Waals surface area contributed by atoms with Crippen molar-refractivity contribution in [3.63, 3.8) is 0 Å². The van der Waals surface area contributed by atoms with Crippen LogP contribution < -0.4 is 0 Å². The fourth-order valence-electron chi connectivity index (χ4n) is 1.19. The van der Waals surface area contributed by atoms with Gasteiger partial charge in [0.1, 0.15) is 6.29 Å². The predicted molar refractivity (Wildman–Crippen MR) is 54.7 cm³/mol. The average molecular weight is 174 g/mol. The summed E-state index contributed by atoms with van der Waals surface area (Å²) in [6, 6.07) is 9.91. The van der Waals surface area contributed by atoms with Crippen molar-refractivity contribution in [3.8, 4) is 0 Å². The first-order valence-electron chi connectivity index (χ1n) is 4.29. The molecule has 0 N–H and O–H groups in total. The van der Waals surface area contributed by atoms with Crippen LogP contribution in [0, 0.1) is 0 Å². The Morgan fingerprint density at radius 2 is 1.85 bits per heavy atom. The molecule has 13 heavy (non-hydrogen) atoms. The van der Waals surface area contributed by atoms with Crippen LogP contribution in [0.1, 0.15) is 19.4 Å². The average Bonchev–Trinajstić information content (AvgIpc) is 2.18. The van der Waals surface area contributed by atoms with Crippen molar-refractivity contribution < 1.29 is 4.79 Å². The largest absolute Gasteiger partial charge is 0.298 e. The number of carbonyl (C=O) groups is 1. The van der Waals surface area contributed by atoms with Gasteiger partial charge in [-0.15, -0.1) is 0 Å². The van der Waals surface area contributed by atoms with Gasteiger partial charge < -0.3 is 0 Å². The number of hydrogen-bond acceptors (Lipinski definition) is 1. The van der Waals surface area contributed by atoms with Gasteiger partial charge in [0.15, 0.2) is 0 Å². The minimum Gasteiger partial charge on any atom is -0.298 e. The first-order chi connectivity index (χ1) is 6.09. The zero-order valence-corrected chi connectivity index (χ0v) is 8.08. The molecule has 68 valence electrons. The maximum absolute atomic E-state index is 10.6. The number of allylic oxidation sites excluding steroid dienone is 1. The van der Waals surface area contributed by atoms with Gasteiger partial charge in [-0.1, -0.05) is 50.8 Å². The molecule has 0 atom stereocenters. The van der Waals surface area contributed by atoms with Crippen LogP contribution in [0.3, 0.4) is 0 Å². The molecule has 0 unspecified atom stereocenters. The molecule has 0 aromatic heterocycles. The maximum Gasteiger partial charge on any atom is 0.146 e. The van der Waals surface area contributed by atoms with Crippen molar-refractivity contribution >= 4 is 6.29 Å². The fourth-order valence-corrected chi connectivity index (χ4v) is 1.19. The summed E-state index contributed by atoms with van der Waals surface area (Å²) in [5, 5.41) is 0. The summed E-state index contributed by atoms with van der Waals surface area (Å²) in [7, 11) is 0. The van der Waals surface area contributed by atoms with Crippen LogP contribution in [0.25, 0.3) is 0 Å². The normalized spacial score (nSPS) is 10.9. The summed E-state index contributed by atoms with van der Waals surface area (Å²) >= 11 is 0. The third-order valence-electron chi connectivity index (χ3n) is 2.44. The summed E-state index contributed by atoms with van der Waals surface area (Å²) in [5.41, 5.74) is 1.47. The predicted octanol–water partition coefficient (Wildman–Crippen LogP) is 2.72. The summed E-state index contributed by atoms with van der Waals surface area (Å²) in [6.07, 6.45) is 0.826. The van der Waals surface area contributed by atoms with Gasteiger partial charge in [0.25, 0.3) is 0 Å². The smallest absolute Gasteiger partial charge is 0.146 e. The molecule has 0 saturated carbocycles. The topological polar surface area (TPSA) is 17.1 Å². The highest BCUT2D eigenvalue weighted by Crippen LogP contribution is 2.28. The van der Waals surface area contributed by atoms with E-state index in [0.29, 0.717) is 5.57 Å². The molecule has 1 aromatic rings. The molecule has 1 rings (SSSR count). The lowest BCUT2D eigenvalue weighted by Gasteiger charge is -2.24. The molecule has 0 heterocycles. The van der Waals surface area contributed by atoms with Crippen LogP contribution in [0.5, 0.6) is 0 Å². The number of carbonyl (C=O) groups excluding carboxylic acids is 1. The SMILES string of the molecule is C=C(C=O)C(C)(C)c1ccccc1. The molecule has 0 aliphatic heterocycles. The van der Waals surface area contributed by atoms with Crippen LogP contribution in [0.15, 0.2) is 42.5 Å². The van der Waals surface area contributed by atoms with Crippen LogP contribution in [0.4, 0.5) is 0 Å². The molecule has 1 heteroatoms. The fraction of sp³-hybridized carbons (Fsp3) is 0.250. The third kappa shape index (κ3) is 1.86. The number of benzene rings is 1. The highest BCUT2D eigenvalue weighted by Gasteiger charge is 2.23. The Morgan fingerprint density at radius 1 is 1.31 bits per heavy atom. The Labute approximate surface area is 79.1 Å². The Balaban J connectivity index is 3.07. The Bertz CT molecular complexity index is 309. The van der Waals surface area contributed by atoms with E-state index < -0.39 is 0 Å². The van der Waals surface area contributed by atoms with E-state index in [-0.39, 0.29) is 5.41 Å². The van der Waals surface area contributed by atoms with Crippen LogP contribution >= 0.6 is 0 Å². The Hall–Kier alpha value is -1.37. The van der Waals surface area contributed by atoms with Gasteiger partial charge in [0, 0.05) is 5.41 Å². The lowest BCUT2D eigenvalue weighted by molar-refractivity contribution is -0.105. The van der Waals surface area contributed by atoms with E-state index in [2.05, 4.69) is 6.58 Å². The van der Waals surface area contributed by atoms with Crippen molar-refractivity contribution in [2.75, 3.05) is 0 Å². The molecule has 0 spiro atoms. The zero-order valence-electron chi connectivity index (χ0n) is 8.08. The molecule has 0 fully saturated rings. The number of aldehydes is 1. The molecular weight excluding hydrogens is 160 g/mol. The van der Waals surface area contributed by atoms with Gasteiger partial charge >= 0.3 is 0 Å². The number of rotatable bonds is 3. The van der Waals surface area contributed by atoms with Crippen molar-refractivity contribution in [1.29, 1.82) is 0 Å². The van der Waals surface area contributed by atoms with Gasteiger partial charge in [-0.05, 0) is 11.1 Å². The molecule has 0 radical (unpaired) electrons. The zero-order chi connectivity index (χ0) is 9.90. The molecule has 1 nitrogen and oxygen atoms in total. The Kier molecular flexibility index (Phi) is 2.66. The lowest BCUT2D eigenvalue weighted by Crippen LogP contribution is -2.20. The third-order valence-corrected chi connectivity index (χ3v) is 2.44. The summed E-state index contributed by atoms with van der Waals surface area (Å²) < 4.78 is 0. The lowest BCUT2D eigenvalue weighted by atomic mass is 9.79. The highest BCUT2D eigenvalue weighted by atomic mass is 16.1. The van der Waals surface area contributed by atoms with Crippen LogP contribution in [0.2, 0.25) is 0 Å². The highest BCUT2D eigenvalue weighted by molar-refractivity contribution is 5.76. The van der Waals surface area contributed by atoms with E-state index >= 15 is 0 Å². The standard InChI is InChI=1S/C12H14O/c1-10(9-13)12(2,3)11-7-5-4-6-8-11/h4-9H,1H2,2-3H3. The Morgan fingerprint density at radius 3 is 2.31 bits per heavy atom. The van der Waals surface area contributed by atoms with E-state index in [1.165, 1.54) is 0 Å². The van der Waals surface area contributed by atoms with Gasteiger partial charge in [-0.25, -0.2) is 0 Å². The van der Waals surface area contributed by atoms with Crippen LogP contribution in [-0.4, -0.2) is 6.29 Å². The van der Waals surface area contributed by atoms with Crippen molar-refractivity contribution in [2.45, 2.75) is 19.3 Å². The van der Waals surface area contributed by atoms with Gasteiger partial charge in [0.2, 0.25) is 0 Å². The van der Waals surface area contributed by atoms with E-state index in [1.54, 1.807) is 0 Å². The molecule has 0 aliphatic carbocycles. The second-order valence-corrected chi connectivity index (χ2v) is 3.63. The second-order valence-electron chi connectivity index (χ2n) is 3.63.